The molecule has 0 bridgehead atoms. The maximum atomic E-state index is 5.95. The number of piperazine rings is 1. The summed E-state index contributed by atoms with van der Waals surface area (Å²) in [5, 5.41) is 0. The number of anilines is 2. The van der Waals surface area contributed by atoms with Gasteiger partial charge in [-0.05, 0) is 32.0 Å². The van der Waals surface area contributed by atoms with Gasteiger partial charge in [-0.3, -0.25) is 4.90 Å². The van der Waals surface area contributed by atoms with Crippen molar-refractivity contribution in [2.75, 3.05) is 43.9 Å². The van der Waals surface area contributed by atoms with E-state index in [1.54, 1.807) is 7.11 Å². The van der Waals surface area contributed by atoms with Crippen molar-refractivity contribution in [3.05, 3.63) is 18.2 Å². The summed E-state index contributed by atoms with van der Waals surface area (Å²) >= 11 is 0. The van der Waals surface area contributed by atoms with Crippen molar-refractivity contribution in [2.24, 2.45) is 0 Å². The fourth-order valence-electron chi connectivity index (χ4n) is 2.41. The highest BCUT2D eigenvalue weighted by atomic mass is 16.5. The molecule has 0 radical (unpaired) electrons. The number of hydrogen-bond acceptors (Lipinski definition) is 4. The van der Waals surface area contributed by atoms with Crippen LogP contribution in [0.4, 0.5) is 11.4 Å². The van der Waals surface area contributed by atoms with Gasteiger partial charge in [-0.25, -0.2) is 0 Å². The second-order valence-electron chi connectivity index (χ2n) is 5.04. The van der Waals surface area contributed by atoms with Crippen molar-refractivity contribution >= 4 is 11.4 Å². The number of nitrogen functional groups attached to an aromatic ring is 1. The Hall–Kier alpha value is -1.42. The molecular formula is C14H23N3O. The molecule has 0 unspecified atom stereocenters. The number of ether oxygens (including phenoxy) is 1. The van der Waals surface area contributed by atoms with Crippen LogP contribution >= 0.6 is 0 Å². The van der Waals surface area contributed by atoms with Gasteiger partial charge in [0.05, 0.1) is 12.8 Å². The molecule has 1 fully saturated rings. The Kier molecular flexibility index (Phi) is 3.97. The molecule has 1 saturated heterocycles. The highest BCUT2D eigenvalue weighted by Crippen LogP contribution is 2.27. The molecule has 1 aromatic carbocycles. The zero-order valence-electron chi connectivity index (χ0n) is 11.5. The second-order valence-corrected chi connectivity index (χ2v) is 5.04. The summed E-state index contributed by atoms with van der Waals surface area (Å²) in [7, 11) is 1.65. The number of nitrogens with two attached hydrogens (primary N) is 1. The van der Waals surface area contributed by atoms with Gasteiger partial charge >= 0.3 is 0 Å². The highest BCUT2D eigenvalue weighted by molar-refractivity contribution is 5.63. The molecule has 4 nitrogen and oxygen atoms in total. The third-order valence-electron chi connectivity index (χ3n) is 3.62. The van der Waals surface area contributed by atoms with Crippen LogP contribution in [0.5, 0.6) is 5.75 Å². The van der Waals surface area contributed by atoms with Gasteiger partial charge in [-0.2, -0.15) is 0 Å². The molecule has 2 rings (SSSR count). The van der Waals surface area contributed by atoms with Crippen LogP contribution in [-0.2, 0) is 0 Å². The predicted molar refractivity (Wildman–Crippen MR) is 76.3 cm³/mol. The topological polar surface area (TPSA) is 41.7 Å². The van der Waals surface area contributed by atoms with Crippen molar-refractivity contribution in [1.82, 2.24) is 4.90 Å². The maximum absolute atomic E-state index is 5.95. The monoisotopic (exact) mass is 249 g/mol. The first-order valence-corrected chi connectivity index (χ1v) is 6.54. The van der Waals surface area contributed by atoms with Crippen LogP contribution in [0.15, 0.2) is 18.2 Å². The Morgan fingerprint density at radius 2 is 1.83 bits per heavy atom. The Bertz CT molecular complexity index is 398. The van der Waals surface area contributed by atoms with E-state index in [9.17, 15) is 0 Å². The molecule has 1 heterocycles. The minimum Gasteiger partial charge on any atom is -0.495 e. The van der Waals surface area contributed by atoms with Crippen LogP contribution in [-0.4, -0.2) is 44.2 Å². The van der Waals surface area contributed by atoms with Gasteiger partial charge in [0.25, 0.3) is 0 Å². The summed E-state index contributed by atoms with van der Waals surface area (Å²) in [5.41, 5.74) is 7.85. The fourth-order valence-corrected chi connectivity index (χ4v) is 2.41. The smallest absolute Gasteiger partial charge is 0.141 e. The largest absolute Gasteiger partial charge is 0.495 e. The van der Waals surface area contributed by atoms with E-state index < -0.39 is 0 Å². The van der Waals surface area contributed by atoms with Crippen molar-refractivity contribution in [1.29, 1.82) is 0 Å². The average molecular weight is 249 g/mol. The molecule has 0 aromatic heterocycles. The van der Waals surface area contributed by atoms with Crippen molar-refractivity contribution in [3.8, 4) is 5.75 Å². The van der Waals surface area contributed by atoms with Crippen LogP contribution in [0, 0.1) is 0 Å². The first kappa shape index (κ1) is 13.0. The molecule has 0 atom stereocenters. The molecule has 100 valence electrons. The predicted octanol–water partition coefficient (Wildman–Crippen LogP) is 1.81. The van der Waals surface area contributed by atoms with Gasteiger partial charge in [0.15, 0.2) is 0 Å². The second kappa shape index (κ2) is 5.48. The van der Waals surface area contributed by atoms with E-state index in [2.05, 4.69) is 29.7 Å². The van der Waals surface area contributed by atoms with Crippen molar-refractivity contribution < 1.29 is 4.74 Å². The molecule has 1 aromatic rings. The molecule has 0 aliphatic carbocycles. The Labute approximate surface area is 109 Å². The zero-order valence-corrected chi connectivity index (χ0v) is 11.5. The molecule has 0 spiro atoms. The lowest BCUT2D eigenvalue weighted by molar-refractivity contribution is 0.209. The number of benzene rings is 1. The Balaban J connectivity index is 2.03. The molecule has 0 saturated carbocycles. The van der Waals surface area contributed by atoms with Gasteiger partial charge in [-0.15, -0.1) is 0 Å². The summed E-state index contributed by atoms with van der Waals surface area (Å²) in [5.74, 6) is 0.750. The minimum atomic E-state index is 0.632. The van der Waals surface area contributed by atoms with Gasteiger partial charge in [0.2, 0.25) is 0 Å². The molecule has 0 amide bonds. The van der Waals surface area contributed by atoms with E-state index >= 15 is 0 Å². The first-order chi connectivity index (χ1) is 8.61. The van der Waals surface area contributed by atoms with Crippen LogP contribution in [0.25, 0.3) is 0 Å². The average Bonchev–Trinajstić information content (AvgIpc) is 2.38. The molecule has 4 heteroatoms. The van der Waals surface area contributed by atoms with Gasteiger partial charge in [-0.1, -0.05) is 0 Å². The standard InChI is InChI=1S/C14H23N3O/c1-11(2)16-6-8-17(9-7-16)12-4-5-14(18-3)13(15)10-12/h4-5,10-11H,6-9,15H2,1-3H3. The lowest BCUT2D eigenvalue weighted by atomic mass is 10.2. The minimum absolute atomic E-state index is 0.632. The summed E-state index contributed by atoms with van der Waals surface area (Å²) < 4.78 is 5.18. The normalized spacial score (nSPS) is 17.2. The van der Waals surface area contributed by atoms with Crippen molar-refractivity contribution in [3.63, 3.8) is 0 Å². The third kappa shape index (κ3) is 2.70. The van der Waals surface area contributed by atoms with E-state index in [1.807, 2.05) is 12.1 Å². The zero-order chi connectivity index (χ0) is 13.1. The van der Waals surface area contributed by atoms with Crippen LogP contribution in [0.2, 0.25) is 0 Å². The summed E-state index contributed by atoms with van der Waals surface area (Å²) in [6.07, 6.45) is 0. The summed E-state index contributed by atoms with van der Waals surface area (Å²) in [6, 6.07) is 6.66. The number of hydrogen-bond donors (Lipinski definition) is 1. The Morgan fingerprint density at radius 3 is 2.33 bits per heavy atom. The SMILES string of the molecule is COc1ccc(N2CCN(C(C)C)CC2)cc1N. The molecule has 1 aliphatic heterocycles. The van der Waals surface area contributed by atoms with Crippen LogP contribution in [0.1, 0.15) is 13.8 Å². The Morgan fingerprint density at radius 1 is 1.17 bits per heavy atom. The van der Waals surface area contributed by atoms with Crippen molar-refractivity contribution in [2.45, 2.75) is 19.9 Å². The lowest BCUT2D eigenvalue weighted by Gasteiger charge is -2.38. The molecule has 2 N–H and O–H groups in total. The summed E-state index contributed by atoms with van der Waals surface area (Å²) in [6.45, 7) is 8.85. The first-order valence-electron chi connectivity index (χ1n) is 6.54. The number of methoxy groups -OCH3 is 1. The fraction of sp³-hybridized carbons (Fsp3) is 0.571. The maximum Gasteiger partial charge on any atom is 0.141 e. The van der Waals surface area contributed by atoms with E-state index in [0.717, 1.165) is 31.9 Å². The van der Waals surface area contributed by atoms with Gasteiger partial charge in [0, 0.05) is 37.9 Å². The van der Waals surface area contributed by atoms with Gasteiger partial charge in [0.1, 0.15) is 5.75 Å². The highest BCUT2D eigenvalue weighted by Gasteiger charge is 2.19. The number of nitrogens with zero attached hydrogens (tertiary/aromatic N) is 2. The molecule has 1 aliphatic rings. The van der Waals surface area contributed by atoms with Crippen LogP contribution < -0.4 is 15.4 Å². The van der Waals surface area contributed by atoms with Crippen LogP contribution in [0.3, 0.4) is 0 Å². The van der Waals surface area contributed by atoms with E-state index in [-0.39, 0.29) is 0 Å². The lowest BCUT2D eigenvalue weighted by Crippen LogP contribution is -2.48. The molecule has 18 heavy (non-hydrogen) atoms. The van der Waals surface area contributed by atoms with E-state index in [1.165, 1.54) is 5.69 Å². The van der Waals surface area contributed by atoms with E-state index in [4.69, 9.17) is 10.5 Å². The summed E-state index contributed by atoms with van der Waals surface area (Å²) in [4.78, 5) is 4.89. The van der Waals surface area contributed by atoms with Gasteiger partial charge < -0.3 is 15.4 Å². The molecular weight excluding hydrogens is 226 g/mol. The quantitative estimate of drug-likeness (QED) is 0.830. The third-order valence-corrected chi connectivity index (χ3v) is 3.62. The number of rotatable bonds is 3. The van der Waals surface area contributed by atoms with E-state index in [0.29, 0.717) is 11.7 Å².